The van der Waals surface area contributed by atoms with E-state index in [1.807, 2.05) is 64.1 Å². The molecule has 0 spiro atoms. The second-order valence-electron chi connectivity index (χ2n) is 20.7. The van der Waals surface area contributed by atoms with Crippen LogP contribution in [0.5, 0.6) is 0 Å². The molecule has 16 nitrogen and oxygen atoms in total. The summed E-state index contributed by atoms with van der Waals surface area (Å²) < 4.78 is 42.3. The molecule has 6 heterocycles. The molecule has 0 radical (unpaired) electrons. The van der Waals surface area contributed by atoms with Gasteiger partial charge in [0.15, 0.2) is 11.6 Å². The molecule has 4 N–H and O–H groups in total. The summed E-state index contributed by atoms with van der Waals surface area (Å²) in [4.78, 5) is 76.7. The SMILES string of the molecule is COC(=O)N[C@H](C(=O)N1CCC[C@H]1c1nc2cc([C@H]3CC[C@H](c4ccc5[nH]c([C@@H]6CCCN6C(=O)[C@@H](NC(=O)OC)C(C)C)nc5c4)N3c3cc(F)c(N4CC(C)(C)C4)c(F)c3)ccc2[nH]1)C(C)C. The molecular weight excluding hydrogens is 887 g/mol. The summed E-state index contributed by atoms with van der Waals surface area (Å²) in [5.41, 5.74) is 5.23. The topological polar surface area (TPSA) is 181 Å². The van der Waals surface area contributed by atoms with Gasteiger partial charge in [0.25, 0.3) is 0 Å². The number of nitrogens with one attached hydrogen (secondary N) is 4. The number of hydrogen-bond acceptors (Lipinski definition) is 10. The van der Waals surface area contributed by atoms with E-state index in [0.717, 1.165) is 35.0 Å². The molecular formula is C51H64F2N10O6. The number of aromatic amines is 2. The number of ether oxygens (including phenoxy) is 2. The lowest BCUT2D eigenvalue weighted by molar-refractivity contribution is -0.136. The van der Waals surface area contributed by atoms with Crippen molar-refractivity contribution in [3.63, 3.8) is 0 Å². The fraction of sp³-hybridized carbons (Fsp3) is 0.529. The van der Waals surface area contributed by atoms with Gasteiger partial charge in [-0.05, 0) is 103 Å². The standard InChI is InChI=1S/C51H64F2N10O6/c1-27(2)42(58-49(66)68-7)47(64)61-19-9-11-40(61)45-54-34-15-13-29(21-36(34)56-45)38-17-18-39(63(38)31-23-32(52)44(33(53)24-31)60-25-51(5,6)26-60)30-14-16-35-37(22-30)57-46(55-35)41-12-10-20-62(41)48(65)43(28(3)4)59-50(67)69-8/h13-16,21-24,27-28,38-43H,9-12,17-20,25-26H2,1-8H3,(H,54,56)(H,55,57)(H,58,66)(H,59,67)/t38-,39-,40+,41+,42+,43+/m1/s1. The first-order valence-electron chi connectivity index (χ1n) is 24.3. The summed E-state index contributed by atoms with van der Waals surface area (Å²) in [5, 5.41) is 5.42. The minimum absolute atomic E-state index is 0.0122. The number of carbonyl (C=O) groups excluding carboxylic acids is 4. The number of rotatable bonds is 12. The van der Waals surface area contributed by atoms with E-state index >= 15 is 8.78 Å². The predicted octanol–water partition coefficient (Wildman–Crippen LogP) is 8.73. The van der Waals surface area contributed by atoms with Gasteiger partial charge >= 0.3 is 12.2 Å². The van der Waals surface area contributed by atoms with Crippen LogP contribution in [0, 0.1) is 28.9 Å². The van der Waals surface area contributed by atoms with Gasteiger partial charge in [0.05, 0.1) is 60.5 Å². The van der Waals surface area contributed by atoms with Gasteiger partial charge in [-0.1, -0.05) is 53.7 Å². The lowest BCUT2D eigenvalue weighted by Crippen LogP contribution is -2.53. The Kier molecular flexibility index (Phi) is 13.0. The third-order valence-electron chi connectivity index (χ3n) is 14.5. The first kappa shape index (κ1) is 47.6. The van der Waals surface area contributed by atoms with E-state index in [2.05, 4.69) is 39.3 Å². The Balaban J connectivity index is 1.03. The first-order chi connectivity index (χ1) is 32.9. The number of imidazole rings is 2. The second-order valence-corrected chi connectivity index (χ2v) is 20.7. The molecule has 0 aliphatic carbocycles. The zero-order valence-electron chi connectivity index (χ0n) is 40.7. The van der Waals surface area contributed by atoms with Crippen molar-refractivity contribution < 1.29 is 37.4 Å². The number of anilines is 2. The molecule has 18 heteroatoms. The van der Waals surface area contributed by atoms with Crippen LogP contribution in [0.25, 0.3) is 22.1 Å². The molecule has 6 atom stereocenters. The molecule has 3 aromatic carbocycles. The average Bonchev–Trinajstić information content (AvgIpc) is 4.16. The van der Waals surface area contributed by atoms with Crippen molar-refractivity contribution in [1.29, 1.82) is 0 Å². The number of carbonyl (C=O) groups is 4. The number of likely N-dealkylation sites (tertiary alicyclic amines) is 2. The van der Waals surface area contributed by atoms with Crippen molar-refractivity contribution in [2.75, 3.05) is 50.2 Å². The lowest BCUT2D eigenvalue weighted by atomic mass is 9.84. The molecule has 4 aliphatic rings. The number of methoxy groups -OCH3 is 2. The molecule has 0 saturated carbocycles. The molecule has 4 fully saturated rings. The van der Waals surface area contributed by atoms with E-state index in [-0.39, 0.29) is 58.9 Å². The van der Waals surface area contributed by atoms with E-state index in [9.17, 15) is 19.2 Å². The maximum atomic E-state index is 16.3. The Bertz CT molecular complexity index is 2600. The van der Waals surface area contributed by atoms with E-state index in [1.165, 1.54) is 26.4 Å². The summed E-state index contributed by atoms with van der Waals surface area (Å²) in [5.74, 6) is -0.653. The van der Waals surface area contributed by atoms with Crippen LogP contribution in [-0.4, -0.2) is 106 Å². The minimum Gasteiger partial charge on any atom is -0.453 e. The van der Waals surface area contributed by atoms with Crippen LogP contribution in [0.15, 0.2) is 48.5 Å². The maximum Gasteiger partial charge on any atom is 0.407 e. The Labute approximate surface area is 400 Å². The number of alkyl carbamates (subject to hydrolysis) is 2. The van der Waals surface area contributed by atoms with Gasteiger partial charge in [0, 0.05) is 31.9 Å². The van der Waals surface area contributed by atoms with E-state index in [1.54, 1.807) is 14.7 Å². The fourth-order valence-electron chi connectivity index (χ4n) is 11.2. The third kappa shape index (κ3) is 9.13. The van der Waals surface area contributed by atoms with Crippen LogP contribution in [0.1, 0.15) is 127 Å². The fourth-order valence-corrected chi connectivity index (χ4v) is 11.2. The van der Waals surface area contributed by atoms with Crippen molar-refractivity contribution in [3.05, 3.63) is 82.9 Å². The van der Waals surface area contributed by atoms with Crippen LogP contribution in [-0.2, 0) is 19.1 Å². The van der Waals surface area contributed by atoms with E-state index < -0.39 is 35.9 Å². The lowest BCUT2D eigenvalue weighted by Gasteiger charge is -2.47. The largest absolute Gasteiger partial charge is 0.453 e. The number of fused-ring (bicyclic) bond motifs is 2. The van der Waals surface area contributed by atoms with Gasteiger partial charge in [-0.3, -0.25) is 9.59 Å². The number of benzene rings is 3. The van der Waals surface area contributed by atoms with Crippen molar-refractivity contribution in [1.82, 2.24) is 40.4 Å². The summed E-state index contributed by atoms with van der Waals surface area (Å²) in [6.07, 6.45) is 2.98. The van der Waals surface area contributed by atoms with Gasteiger partial charge in [-0.2, -0.15) is 0 Å². The third-order valence-corrected chi connectivity index (χ3v) is 14.5. The Morgan fingerprint density at radius 2 is 1.10 bits per heavy atom. The normalized spacial score (nSPS) is 22.1. The molecule has 4 aliphatic heterocycles. The van der Waals surface area contributed by atoms with Crippen molar-refractivity contribution in [2.24, 2.45) is 17.3 Å². The van der Waals surface area contributed by atoms with Crippen molar-refractivity contribution >= 4 is 57.4 Å². The Hall–Kier alpha value is -6.46. The van der Waals surface area contributed by atoms with Crippen LogP contribution in [0.4, 0.5) is 29.7 Å². The predicted molar refractivity (Wildman–Crippen MR) is 257 cm³/mol. The van der Waals surface area contributed by atoms with Crippen LogP contribution in [0.3, 0.4) is 0 Å². The molecule has 368 valence electrons. The quantitative estimate of drug-likeness (QED) is 0.0945. The number of aromatic nitrogens is 4. The highest BCUT2D eigenvalue weighted by molar-refractivity contribution is 5.88. The zero-order chi connectivity index (χ0) is 49.1. The number of halogens is 2. The molecule has 4 saturated heterocycles. The van der Waals surface area contributed by atoms with Crippen LogP contribution >= 0.6 is 0 Å². The van der Waals surface area contributed by atoms with E-state index in [4.69, 9.17) is 19.4 Å². The molecule has 4 amide bonds. The number of amides is 4. The van der Waals surface area contributed by atoms with Gasteiger partial charge in [-0.15, -0.1) is 0 Å². The van der Waals surface area contributed by atoms with Gasteiger partial charge in [-0.25, -0.2) is 28.3 Å². The van der Waals surface area contributed by atoms with Crippen molar-refractivity contribution in [2.45, 2.75) is 116 Å². The van der Waals surface area contributed by atoms with E-state index in [0.29, 0.717) is 80.2 Å². The molecule has 0 bridgehead atoms. The molecule has 69 heavy (non-hydrogen) atoms. The smallest absolute Gasteiger partial charge is 0.407 e. The number of H-pyrrole nitrogens is 2. The maximum absolute atomic E-state index is 16.3. The molecule has 5 aromatic rings. The summed E-state index contributed by atoms with van der Waals surface area (Å²) >= 11 is 0. The Morgan fingerprint density at radius 1 is 0.667 bits per heavy atom. The summed E-state index contributed by atoms with van der Waals surface area (Å²) in [6, 6.07) is 12.2. The average molecular weight is 951 g/mol. The highest BCUT2D eigenvalue weighted by Crippen LogP contribution is 2.49. The van der Waals surface area contributed by atoms with Crippen LogP contribution < -0.4 is 20.4 Å². The summed E-state index contributed by atoms with van der Waals surface area (Å²) in [6.45, 7) is 13.8. The molecule has 9 rings (SSSR count). The minimum atomic E-state index is -0.762. The van der Waals surface area contributed by atoms with Gasteiger partial charge in [0.1, 0.15) is 29.4 Å². The summed E-state index contributed by atoms with van der Waals surface area (Å²) in [7, 11) is 2.55. The monoisotopic (exact) mass is 950 g/mol. The number of nitrogens with zero attached hydrogens (tertiary/aromatic N) is 6. The first-order valence-corrected chi connectivity index (χ1v) is 24.3. The zero-order valence-corrected chi connectivity index (χ0v) is 40.7. The highest BCUT2D eigenvalue weighted by atomic mass is 19.1. The highest BCUT2D eigenvalue weighted by Gasteiger charge is 2.42. The van der Waals surface area contributed by atoms with Gasteiger partial charge in [0.2, 0.25) is 11.8 Å². The number of hydrogen-bond donors (Lipinski definition) is 4. The molecule has 2 aromatic heterocycles. The Morgan fingerprint density at radius 3 is 1.49 bits per heavy atom. The second kappa shape index (κ2) is 18.8. The van der Waals surface area contributed by atoms with Crippen LogP contribution in [0.2, 0.25) is 0 Å². The van der Waals surface area contributed by atoms with Gasteiger partial charge < -0.3 is 49.7 Å². The van der Waals surface area contributed by atoms with Crippen molar-refractivity contribution in [3.8, 4) is 0 Å². The molecule has 0 unspecified atom stereocenters.